The molecule has 5 unspecified atom stereocenters. The lowest BCUT2D eigenvalue weighted by Crippen LogP contribution is -2.32. The summed E-state index contributed by atoms with van der Waals surface area (Å²) < 4.78 is 0. The Morgan fingerprint density at radius 1 is 1.00 bits per heavy atom. The van der Waals surface area contributed by atoms with Gasteiger partial charge in [-0.05, 0) is 48.9 Å². The van der Waals surface area contributed by atoms with E-state index in [1.165, 1.54) is 19.3 Å². The molecule has 0 amide bonds. The van der Waals surface area contributed by atoms with E-state index in [9.17, 15) is 0 Å². The molecule has 0 aliphatic heterocycles. The van der Waals surface area contributed by atoms with Gasteiger partial charge in [-0.3, -0.25) is 0 Å². The van der Waals surface area contributed by atoms with Crippen LogP contribution < -0.4 is 0 Å². The molecule has 0 aromatic carbocycles. The standard InChI is InChI=1S/C13H24/c1-4-5-11-7-13(11)8-12-6-9(2)10(12)3/h9-13H,4-8H2,1-3H3. The second kappa shape index (κ2) is 3.63. The highest BCUT2D eigenvalue weighted by Gasteiger charge is 2.42. The largest absolute Gasteiger partial charge is 0.0654 e. The Morgan fingerprint density at radius 3 is 2.31 bits per heavy atom. The molecule has 0 spiro atoms. The van der Waals surface area contributed by atoms with E-state index in [-0.39, 0.29) is 0 Å². The molecule has 0 bridgehead atoms. The van der Waals surface area contributed by atoms with Crippen LogP contribution in [0, 0.1) is 29.6 Å². The molecule has 0 aromatic heterocycles. The van der Waals surface area contributed by atoms with E-state index >= 15 is 0 Å². The molecule has 0 aromatic rings. The Kier molecular flexibility index (Phi) is 2.67. The summed E-state index contributed by atoms with van der Waals surface area (Å²) in [6, 6.07) is 0. The smallest absolute Gasteiger partial charge is 0.0380 e. The molecule has 0 radical (unpaired) electrons. The molecule has 2 saturated carbocycles. The lowest BCUT2D eigenvalue weighted by Gasteiger charge is -2.41. The average Bonchev–Trinajstić information content (AvgIpc) is 2.84. The quantitative estimate of drug-likeness (QED) is 0.611. The van der Waals surface area contributed by atoms with Crippen molar-refractivity contribution in [2.75, 3.05) is 0 Å². The molecule has 76 valence electrons. The first-order chi connectivity index (χ1) is 6.22. The molecule has 2 aliphatic carbocycles. The minimum absolute atomic E-state index is 1.02. The van der Waals surface area contributed by atoms with E-state index in [4.69, 9.17) is 0 Å². The van der Waals surface area contributed by atoms with Gasteiger partial charge in [0.1, 0.15) is 0 Å². The zero-order chi connectivity index (χ0) is 9.42. The first kappa shape index (κ1) is 9.55. The Hall–Kier alpha value is 0. The fourth-order valence-electron chi connectivity index (χ4n) is 3.20. The van der Waals surface area contributed by atoms with Gasteiger partial charge in [-0.15, -0.1) is 0 Å². The van der Waals surface area contributed by atoms with Crippen LogP contribution in [0.2, 0.25) is 0 Å². The maximum absolute atomic E-state index is 2.45. The van der Waals surface area contributed by atoms with Crippen molar-refractivity contribution < 1.29 is 0 Å². The predicted molar refractivity (Wildman–Crippen MR) is 57.6 cm³/mol. The third-order valence-electron chi connectivity index (χ3n) is 4.65. The van der Waals surface area contributed by atoms with Gasteiger partial charge in [0.2, 0.25) is 0 Å². The molecule has 2 aliphatic rings. The normalized spacial score (nSPS) is 48.7. The molecular formula is C13H24. The van der Waals surface area contributed by atoms with Crippen LogP contribution >= 0.6 is 0 Å². The van der Waals surface area contributed by atoms with E-state index in [0.717, 1.165) is 29.6 Å². The summed E-state index contributed by atoms with van der Waals surface area (Å²) in [7, 11) is 0. The highest BCUT2D eigenvalue weighted by atomic mass is 14.5. The van der Waals surface area contributed by atoms with Gasteiger partial charge in [0.25, 0.3) is 0 Å². The summed E-state index contributed by atoms with van der Waals surface area (Å²) in [6.07, 6.45) is 7.55. The highest BCUT2D eigenvalue weighted by molar-refractivity contribution is 4.92. The number of hydrogen-bond donors (Lipinski definition) is 0. The Balaban J connectivity index is 1.65. The molecule has 0 heteroatoms. The maximum Gasteiger partial charge on any atom is -0.0380 e. The molecule has 0 N–H and O–H groups in total. The summed E-state index contributed by atoms with van der Waals surface area (Å²) in [5, 5.41) is 0. The van der Waals surface area contributed by atoms with Gasteiger partial charge in [0.15, 0.2) is 0 Å². The lowest BCUT2D eigenvalue weighted by atomic mass is 9.64. The first-order valence-corrected chi connectivity index (χ1v) is 6.22. The minimum atomic E-state index is 1.02. The van der Waals surface area contributed by atoms with Gasteiger partial charge in [-0.1, -0.05) is 33.6 Å². The molecule has 0 saturated heterocycles. The Bertz CT molecular complexity index is 173. The summed E-state index contributed by atoms with van der Waals surface area (Å²) in [5.41, 5.74) is 0. The highest BCUT2D eigenvalue weighted by Crippen LogP contribution is 2.52. The van der Waals surface area contributed by atoms with Crippen molar-refractivity contribution in [3.8, 4) is 0 Å². The second-order valence-corrected chi connectivity index (χ2v) is 5.61. The molecule has 0 heterocycles. The van der Waals surface area contributed by atoms with E-state index in [1.807, 2.05) is 0 Å². The van der Waals surface area contributed by atoms with Crippen LogP contribution in [-0.2, 0) is 0 Å². The molecule has 2 rings (SSSR count). The SMILES string of the molecule is CCCC1CC1CC1CC(C)C1C. The van der Waals surface area contributed by atoms with Crippen LogP contribution in [0.25, 0.3) is 0 Å². The first-order valence-electron chi connectivity index (χ1n) is 6.22. The van der Waals surface area contributed by atoms with Gasteiger partial charge in [0, 0.05) is 0 Å². The van der Waals surface area contributed by atoms with Crippen molar-refractivity contribution in [2.24, 2.45) is 29.6 Å². The van der Waals surface area contributed by atoms with Crippen molar-refractivity contribution in [3.63, 3.8) is 0 Å². The Labute approximate surface area is 83.1 Å². The van der Waals surface area contributed by atoms with Crippen LogP contribution in [0.5, 0.6) is 0 Å². The number of rotatable bonds is 4. The van der Waals surface area contributed by atoms with Crippen molar-refractivity contribution >= 4 is 0 Å². The van der Waals surface area contributed by atoms with Gasteiger partial charge in [0.05, 0.1) is 0 Å². The summed E-state index contributed by atoms with van der Waals surface area (Å²) in [4.78, 5) is 0. The molecular weight excluding hydrogens is 156 g/mol. The van der Waals surface area contributed by atoms with Crippen LogP contribution in [0.4, 0.5) is 0 Å². The van der Waals surface area contributed by atoms with Crippen LogP contribution in [0.3, 0.4) is 0 Å². The maximum atomic E-state index is 2.45. The third kappa shape index (κ3) is 1.92. The molecule has 5 atom stereocenters. The van der Waals surface area contributed by atoms with Crippen LogP contribution in [0.1, 0.15) is 52.9 Å². The van der Waals surface area contributed by atoms with Crippen molar-refractivity contribution in [1.82, 2.24) is 0 Å². The van der Waals surface area contributed by atoms with E-state index < -0.39 is 0 Å². The van der Waals surface area contributed by atoms with Crippen molar-refractivity contribution in [1.29, 1.82) is 0 Å². The monoisotopic (exact) mass is 180 g/mol. The van der Waals surface area contributed by atoms with E-state index in [2.05, 4.69) is 20.8 Å². The fourth-order valence-corrected chi connectivity index (χ4v) is 3.20. The minimum Gasteiger partial charge on any atom is -0.0654 e. The average molecular weight is 180 g/mol. The van der Waals surface area contributed by atoms with Crippen molar-refractivity contribution in [2.45, 2.75) is 52.9 Å². The summed E-state index contributed by atoms with van der Waals surface area (Å²) in [5.74, 6) is 5.42. The van der Waals surface area contributed by atoms with Crippen molar-refractivity contribution in [3.05, 3.63) is 0 Å². The van der Waals surface area contributed by atoms with Crippen LogP contribution in [-0.4, -0.2) is 0 Å². The molecule has 13 heavy (non-hydrogen) atoms. The second-order valence-electron chi connectivity index (χ2n) is 5.61. The van der Waals surface area contributed by atoms with Gasteiger partial charge >= 0.3 is 0 Å². The summed E-state index contributed by atoms with van der Waals surface area (Å²) >= 11 is 0. The van der Waals surface area contributed by atoms with E-state index in [0.29, 0.717) is 0 Å². The van der Waals surface area contributed by atoms with E-state index in [1.54, 1.807) is 12.8 Å². The topological polar surface area (TPSA) is 0 Å². The predicted octanol–water partition coefficient (Wildman–Crippen LogP) is 4.10. The molecule has 2 fully saturated rings. The van der Waals surface area contributed by atoms with Crippen LogP contribution in [0.15, 0.2) is 0 Å². The lowest BCUT2D eigenvalue weighted by molar-refractivity contribution is 0.0882. The fraction of sp³-hybridized carbons (Fsp3) is 1.00. The van der Waals surface area contributed by atoms with Gasteiger partial charge in [-0.25, -0.2) is 0 Å². The summed E-state index contributed by atoms with van der Waals surface area (Å²) in [6.45, 7) is 7.19. The number of hydrogen-bond acceptors (Lipinski definition) is 0. The zero-order valence-corrected chi connectivity index (χ0v) is 9.42. The Morgan fingerprint density at radius 2 is 1.77 bits per heavy atom. The molecule has 0 nitrogen and oxygen atoms in total. The third-order valence-corrected chi connectivity index (χ3v) is 4.65. The van der Waals surface area contributed by atoms with Gasteiger partial charge in [-0.2, -0.15) is 0 Å². The zero-order valence-electron chi connectivity index (χ0n) is 9.42. The van der Waals surface area contributed by atoms with Gasteiger partial charge < -0.3 is 0 Å².